The van der Waals surface area contributed by atoms with Gasteiger partial charge in [-0.15, -0.1) is 0 Å². The lowest BCUT2D eigenvalue weighted by Gasteiger charge is -2.24. The first-order valence-corrected chi connectivity index (χ1v) is 6.87. The number of hydrogen-bond acceptors (Lipinski definition) is 3. The second-order valence-corrected chi connectivity index (χ2v) is 5.11. The lowest BCUT2D eigenvalue weighted by molar-refractivity contribution is 0.210. The van der Waals surface area contributed by atoms with E-state index < -0.39 is 0 Å². The van der Waals surface area contributed by atoms with Crippen molar-refractivity contribution in [3.05, 3.63) is 35.4 Å². The normalized spacial score (nSPS) is 20.4. The number of aliphatic hydroxyl groups is 2. The minimum atomic E-state index is 0.114. The molecule has 1 aromatic carbocycles. The molecule has 0 saturated carbocycles. The van der Waals surface area contributed by atoms with Gasteiger partial charge in [0.2, 0.25) is 0 Å². The van der Waals surface area contributed by atoms with Gasteiger partial charge in [0, 0.05) is 19.2 Å². The fraction of sp³-hybridized carbons (Fsp3) is 0.600. The van der Waals surface area contributed by atoms with Gasteiger partial charge in [0.15, 0.2) is 0 Å². The van der Waals surface area contributed by atoms with Gasteiger partial charge >= 0.3 is 0 Å². The van der Waals surface area contributed by atoms with Gasteiger partial charge in [-0.05, 0) is 43.4 Å². The van der Waals surface area contributed by atoms with Crippen molar-refractivity contribution < 1.29 is 10.2 Å². The number of benzene rings is 1. The summed E-state index contributed by atoms with van der Waals surface area (Å²) >= 11 is 0. The number of aliphatic hydroxyl groups excluding tert-OH is 2. The molecule has 0 bridgehead atoms. The van der Waals surface area contributed by atoms with E-state index in [9.17, 15) is 0 Å². The molecule has 1 atom stereocenters. The zero-order valence-corrected chi connectivity index (χ0v) is 10.9. The average molecular weight is 249 g/mol. The maximum atomic E-state index is 9.02. The van der Waals surface area contributed by atoms with Crippen molar-refractivity contribution in [1.82, 2.24) is 4.90 Å². The highest BCUT2D eigenvalue weighted by Gasteiger charge is 2.23. The molecule has 1 unspecified atom stereocenters. The molecule has 1 heterocycles. The molecule has 0 amide bonds. The summed E-state index contributed by atoms with van der Waals surface area (Å²) in [6.45, 7) is 2.57. The molecule has 3 heteroatoms. The summed E-state index contributed by atoms with van der Waals surface area (Å²) in [7, 11) is 0. The minimum Gasteiger partial charge on any atom is -0.396 e. The van der Waals surface area contributed by atoms with Crippen molar-refractivity contribution in [2.24, 2.45) is 0 Å². The summed E-state index contributed by atoms with van der Waals surface area (Å²) in [4.78, 5) is 2.52. The van der Waals surface area contributed by atoms with E-state index in [2.05, 4.69) is 17.0 Å². The molecule has 1 aromatic rings. The minimum absolute atomic E-state index is 0.114. The third-order valence-corrected chi connectivity index (χ3v) is 3.79. The van der Waals surface area contributed by atoms with Crippen LogP contribution in [0.1, 0.15) is 36.8 Å². The Bertz CT molecular complexity index is 350. The molecule has 0 aliphatic carbocycles. The highest BCUT2D eigenvalue weighted by atomic mass is 16.3. The Morgan fingerprint density at radius 3 is 2.50 bits per heavy atom. The molecule has 1 saturated heterocycles. The van der Waals surface area contributed by atoms with E-state index in [4.69, 9.17) is 10.2 Å². The Balaban J connectivity index is 1.90. The predicted molar refractivity (Wildman–Crippen MR) is 72.1 cm³/mol. The summed E-state index contributed by atoms with van der Waals surface area (Å²) in [6.07, 6.45) is 4.54. The van der Waals surface area contributed by atoms with Crippen LogP contribution in [0.4, 0.5) is 0 Å². The first-order chi connectivity index (χ1) is 8.83. The smallest absolute Gasteiger partial charge is 0.0681 e. The summed E-state index contributed by atoms with van der Waals surface area (Å²) < 4.78 is 0. The SMILES string of the molecule is OCCCC1CCCN1Cc1ccc(CO)cc1. The molecule has 18 heavy (non-hydrogen) atoms. The molecular weight excluding hydrogens is 226 g/mol. The van der Waals surface area contributed by atoms with Gasteiger partial charge in [-0.2, -0.15) is 0 Å². The highest BCUT2D eigenvalue weighted by molar-refractivity contribution is 5.22. The number of nitrogens with zero attached hydrogens (tertiary/aromatic N) is 1. The van der Waals surface area contributed by atoms with Crippen molar-refractivity contribution in [1.29, 1.82) is 0 Å². The maximum Gasteiger partial charge on any atom is 0.0681 e. The van der Waals surface area contributed by atoms with Gasteiger partial charge in [-0.3, -0.25) is 4.90 Å². The molecule has 1 fully saturated rings. The zero-order chi connectivity index (χ0) is 12.8. The summed E-state index contributed by atoms with van der Waals surface area (Å²) in [5.41, 5.74) is 2.28. The quantitative estimate of drug-likeness (QED) is 0.809. The standard InChI is InChI=1S/C15H23NO2/c17-10-2-4-15-3-1-9-16(15)11-13-5-7-14(12-18)8-6-13/h5-8,15,17-18H,1-4,9-12H2. The lowest BCUT2D eigenvalue weighted by Crippen LogP contribution is -2.29. The van der Waals surface area contributed by atoms with Crippen molar-refractivity contribution in [2.75, 3.05) is 13.2 Å². The van der Waals surface area contributed by atoms with Crippen LogP contribution in [0.25, 0.3) is 0 Å². The molecule has 2 N–H and O–H groups in total. The Morgan fingerprint density at radius 2 is 1.83 bits per heavy atom. The number of hydrogen-bond donors (Lipinski definition) is 2. The van der Waals surface area contributed by atoms with Crippen LogP contribution in [-0.2, 0) is 13.2 Å². The Kier molecular flexibility index (Phi) is 5.17. The predicted octanol–water partition coefficient (Wildman–Crippen LogP) is 1.92. The molecule has 0 aromatic heterocycles. The molecule has 0 radical (unpaired) electrons. The largest absolute Gasteiger partial charge is 0.396 e. The van der Waals surface area contributed by atoms with Crippen molar-refractivity contribution in [2.45, 2.75) is 44.9 Å². The fourth-order valence-electron chi connectivity index (χ4n) is 2.74. The summed E-state index contributed by atoms with van der Waals surface area (Å²) in [6, 6.07) is 8.83. The fourth-order valence-corrected chi connectivity index (χ4v) is 2.74. The molecule has 2 rings (SSSR count). The van der Waals surface area contributed by atoms with Gasteiger partial charge in [0.25, 0.3) is 0 Å². The third kappa shape index (κ3) is 3.55. The number of rotatable bonds is 6. The van der Waals surface area contributed by atoms with Gasteiger partial charge in [0.05, 0.1) is 6.61 Å². The zero-order valence-electron chi connectivity index (χ0n) is 10.9. The van der Waals surface area contributed by atoms with E-state index in [1.54, 1.807) is 0 Å². The maximum absolute atomic E-state index is 9.02. The van der Waals surface area contributed by atoms with E-state index in [1.807, 2.05) is 12.1 Å². The lowest BCUT2D eigenvalue weighted by atomic mass is 10.1. The van der Waals surface area contributed by atoms with Gasteiger partial charge in [-0.1, -0.05) is 24.3 Å². The van der Waals surface area contributed by atoms with Gasteiger partial charge in [-0.25, -0.2) is 0 Å². The van der Waals surface area contributed by atoms with E-state index in [-0.39, 0.29) is 6.61 Å². The highest BCUT2D eigenvalue weighted by Crippen LogP contribution is 2.23. The molecule has 3 nitrogen and oxygen atoms in total. The summed E-state index contributed by atoms with van der Waals surface area (Å²) in [5, 5.41) is 17.9. The van der Waals surface area contributed by atoms with Crippen LogP contribution in [0.5, 0.6) is 0 Å². The van der Waals surface area contributed by atoms with Crippen molar-refractivity contribution in [3.8, 4) is 0 Å². The second-order valence-electron chi connectivity index (χ2n) is 5.11. The Hall–Kier alpha value is -0.900. The van der Waals surface area contributed by atoms with Crippen molar-refractivity contribution in [3.63, 3.8) is 0 Å². The first-order valence-electron chi connectivity index (χ1n) is 6.87. The van der Waals surface area contributed by atoms with E-state index in [0.717, 1.165) is 31.5 Å². The summed E-state index contributed by atoms with van der Waals surface area (Å²) in [5.74, 6) is 0. The second kappa shape index (κ2) is 6.88. The van der Waals surface area contributed by atoms with Crippen LogP contribution >= 0.6 is 0 Å². The monoisotopic (exact) mass is 249 g/mol. The first kappa shape index (κ1) is 13.5. The molecular formula is C15H23NO2. The van der Waals surface area contributed by atoms with Crippen LogP contribution in [0.15, 0.2) is 24.3 Å². The molecule has 100 valence electrons. The Labute approximate surface area is 109 Å². The van der Waals surface area contributed by atoms with Gasteiger partial charge < -0.3 is 10.2 Å². The Morgan fingerprint density at radius 1 is 1.11 bits per heavy atom. The molecule has 0 spiro atoms. The van der Waals surface area contributed by atoms with Crippen LogP contribution < -0.4 is 0 Å². The van der Waals surface area contributed by atoms with Gasteiger partial charge in [0.1, 0.15) is 0 Å². The average Bonchev–Trinajstić information content (AvgIpc) is 2.84. The van der Waals surface area contributed by atoms with Crippen LogP contribution in [-0.4, -0.2) is 34.3 Å². The van der Waals surface area contributed by atoms with Crippen LogP contribution in [0.2, 0.25) is 0 Å². The van der Waals surface area contributed by atoms with Crippen molar-refractivity contribution >= 4 is 0 Å². The topological polar surface area (TPSA) is 43.7 Å². The van der Waals surface area contributed by atoms with Crippen LogP contribution in [0.3, 0.4) is 0 Å². The van der Waals surface area contributed by atoms with Crippen LogP contribution in [0, 0.1) is 0 Å². The van der Waals surface area contributed by atoms with E-state index in [0.29, 0.717) is 12.6 Å². The number of likely N-dealkylation sites (tertiary alicyclic amines) is 1. The third-order valence-electron chi connectivity index (χ3n) is 3.79. The van der Waals surface area contributed by atoms with E-state index >= 15 is 0 Å². The van der Waals surface area contributed by atoms with E-state index in [1.165, 1.54) is 18.4 Å². The molecule has 1 aliphatic heterocycles. The molecule has 1 aliphatic rings.